The normalized spacial score (nSPS) is 16.5. The van der Waals surface area contributed by atoms with Crippen molar-refractivity contribution in [3.05, 3.63) is 125 Å². The first-order chi connectivity index (χ1) is 26.3. The van der Waals surface area contributed by atoms with Crippen molar-refractivity contribution >= 4 is 33.1 Å². The first kappa shape index (κ1) is 35.5. The zero-order valence-corrected chi connectivity index (χ0v) is 30.2. The Morgan fingerprint density at radius 3 is 2.54 bits per heavy atom. The Hall–Kier alpha value is -5.54. The van der Waals surface area contributed by atoms with E-state index in [1.807, 2.05) is 25.4 Å². The molecule has 11 nitrogen and oxygen atoms in total. The lowest BCUT2D eigenvalue weighted by Crippen LogP contribution is -2.35. The number of morpholine rings is 1. The second kappa shape index (κ2) is 15.4. The first-order valence-corrected chi connectivity index (χ1v) is 18.4. The van der Waals surface area contributed by atoms with Gasteiger partial charge < -0.3 is 24.4 Å². The molecule has 0 saturated carbocycles. The topological polar surface area (TPSA) is 111 Å². The van der Waals surface area contributed by atoms with Crippen molar-refractivity contribution in [1.29, 1.82) is 0 Å². The predicted octanol–water partition coefficient (Wildman–Crippen LogP) is 6.75. The van der Waals surface area contributed by atoms with E-state index in [4.69, 9.17) is 19.2 Å². The number of amides is 1. The number of carbonyl (C=O) groups excluding carboxylic acids is 1. The molecule has 1 atom stereocenters. The zero-order valence-electron chi connectivity index (χ0n) is 29.3. The number of ether oxygens (including phenoxy) is 3. The van der Waals surface area contributed by atoms with Gasteiger partial charge >= 0.3 is 0 Å². The molecular formula is C40H36F2N6O5S. The van der Waals surface area contributed by atoms with Crippen LogP contribution in [0.5, 0.6) is 17.2 Å². The lowest BCUT2D eigenvalue weighted by Gasteiger charge is -2.26. The lowest BCUT2D eigenvalue weighted by molar-refractivity contribution is 0.0341. The smallest absolute Gasteiger partial charge is 0.271 e. The number of hydrogen-bond acceptors (Lipinski definition) is 10. The maximum Gasteiger partial charge on any atom is 0.271 e. The minimum absolute atomic E-state index is 0.0613. The Morgan fingerprint density at radius 2 is 1.80 bits per heavy atom. The number of aromatic nitrogens is 3. The highest BCUT2D eigenvalue weighted by atomic mass is 32.1. The van der Waals surface area contributed by atoms with E-state index < -0.39 is 23.1 Å². The number of fused-ring (bicyclic) bond motifs is 1. The monoisotopic (exact) mass is 750 g/mol. The molecule has 4 aromatic heterocycles. The maximum absolute atomic E-state index is 15.6. The molecule has 2 aliphatic rings. The van der Waals surface area contributed by atoms with Crippen molar-refractivity contribution in [3.63, 3.8) is 0 Å². The summed E-state index contributed by atoms with van der Waals surface area (Å²) in [4.78, 5) is 42.0. The molecule has 1 unspecified atom stereocenters. The average molecular weight is 751 g/mol. The molecular weight excluding hydrogens is 715 g/mol. The van der Waals surface area contributed by atoms with E-state index in [9.17, 15) is 14.0 Å². The van der Waals surface area contributed by atoms with Crippen LogP contribution in [0.2, 0.25) is 0 Å². The van der Waals surface area contributed by atoms with Gasteiger partial charge in [-0.15, -0.1) is 11.3 Å². The Bertz CT molecular complexity index is 2360. The molecule has 2 aliphatic heterocycles. The summed E-state index contributed by atoms with van der Waals surface area (Å²) in [6.45, 7) is 5.53. The number of thiophene rings is 1. The number of hydrogen-bond donors (Lipinski definition) is 1. The van der Waals surface area contributed by atoms with Crippen LogP contribution in [0, 0.1) is 11.6 Å². The van der Waals surface area contributed by atoms with E-state index in [0.29, 0.717) is 23.5 Å². The van der Waals surface area contributed by atoms with Gasteiger partial charge in [0.1, 0.15) is 29.0 Å². The fourth-order valence-corrected chi connectivity index (χ4v) is 7.62. The molecule has 54 heavy (non-hydrogen) atoms. The molecule has 1 N–H and O–H groups in total. The number of nitrogens with zero attached hydrogens (tertiary/aromatic N) is 5. The summed E-state index contributed by atoms with van der Waals surface area (Å²) < 4.78 is 48.9. The summed E-state index contributed by atoms with van der Waals surface area (Å²) in [6.07, 6.45) is 5.47. The highest BCUT2D eigenvalue weighted by Crippen LogP contribution is 2.39. The second-order valence-electron chi connectivity index (χ2n) is 13.3. The van der Waals surface area contributed by atoms with Gasteiger partial charge in [0.05, 0.1) is 34.0 Å². The number of pyridine rings is 3. The summed E-state index contributed by atoms with van der Waals surface area (Å²) in [6, 6.07) is 18.6. The number of halogens is 2. The van der Waals surface area contributed by atoms with Crippen molar-refractivity contribution in [2.75, 3.05) is 51.8 Å². The van der Waals surface area contributed by atoms with Gasteiger partial charge in [-0.3, -0.25) is 29.0 Å². The van der Waals surface area contributed by atoms with Crippen LogP contribution in [0.1, 0.15) is 22.3 Å². The van der Waals surface area contributed by atoms with Crippen LogP contribution >= 0.6 is 11.3 Å². The first-order valence-electron chi connectivity index (χ1n) is 17.6. The van der Waals surface area contributed by atoms with Crippen LogP contribution in [-0.4, -0.2) is 82.8 Å². The van der Waals surface area contributed by atoms with Crippen LogP contribution in [0.25, 0.3) is 26.5 Å². The molecule has 2 aromatic carbocycles. The largest absolute Gasteiger partial charge is 0.488 e. The molecule has 2 fully saturated rings. The van der Waals surface area contributed by atoms with Crippen molar-refractivity contribution in [2.45, 2.75) is 19.1 Å². The van der Waals surface area contributed by atoms with E-state index in [1.165, 1.54) is 58.5 Å². The number of likely N-dealkylation sites (N-methyl/N-ethyl adjacent to an activating group) is 1. The highest BCUT2D eigenvalue weighted by Gasteiger charge is 2.26. The molecule has 0 bridgehead atoms. The summed E-state index contributed by atoms with van der Waals surface area (Å²) in [5, 5.41) is 2.65. The standard InChI is InChI=1S/C40H36F2N6O5S/c1-46-14-11-29(24-46)52-34-12-15-48(28-6-3-26(41)4-7-28)40(50)37(34)39(49)45-27-5-9-33(30(42)20-27)53-35-10-13-43-32-21-36(54-38(32)35)31-8-2-25(22-44-31)23-47-16-18-51-19-17-47/h2-10,12-13,15,20-22,29H,11,14,16-19,23-24H2,1H3,(H,45,49). The van der Waals surface area contributed by atoms with Crippen LogP contribution < -0.4 is 20.3 Å². The Balaban J connectivity index is 1.01. The molecule has 8 rings (SSSR count). The third-order valence-corrected chi connectivity index (χ3v) is 10.6. The number of nitrogens with one attached hydrogen (secondary N) is 1. The van der Waals surface area contributed by atoms with Gasteiger partial charge in [0.15, 0.2) is 11.6 Å². The van der Waals surface area contributed by atoms with Crippen LogP contribution in [-0.2, 0) is 11.3 Å². The number of anilines is 1. The van der Waals surface area contributed by atoms with Crippen molar-refractivity contribution in [1.82, 2.24) is 24.3 Å². The summed E-state index contributed by atoms with van der Waals surface area (Å²) in [5.74, 6) is -1.51. The summed E-state index contributed by atoms with van der Waals surface area (Å²) in [5.41, 5.74) is 2.16. The van der Waals surface area contributed by atoms with E-state index in [1.54, 1.807) is 18.3 Å². The van der Waals surface area contributed by atoms with Crippen LogP contribution in [0.4, 0.5) is 14.5 Å². The van der Waals surface area contributed by atoms with Crippen molar-refractivity contribution in [2.24, 2.45) is 0 Å². The van der Waals surface area contributed by atoms with E-state index >= 15 is 4.39 Å². The van der Waals surface area contributed by atoms with Crippen molar-refractivity contribution < 1.29 is 27.8 Å². The summed E-state index contributed by atoms with van der Waals surface area (Å²) >= 11 is 1.45. The molecule has 6 heterocycles. The third-order valence-electron chi connectivity index (χ3n) is 9.40. The Kier molecular flexibility index (Phi) is 10.1. The van der Waals surface area contributed by atoms with E-state index in [-0.39, 0.29) is 28.9 Å². The number of rotatable bonds is 10. The van der Waals surface area contributed by atoms with Gasteiger partial charge in [0.25, 0.3) is 11.5 Å². The Labute approximate surface area is 313 Å². The molecule has 6 aromatic rings. The third kappa shape index (κ3) is 7.73. The molecule has 0 aliphatic carbocycles. The minimum Gasteiger partial charge on any atom is -0.488 e. The maximum atomic E-state index is 15.6. The zero-order chi connectivity index (χ0) is 37.2. The molecule has 0 radical (unpaired) electrons. The predicted molar refractivity (Wildman–Crippen MR) is 202 cm³/mol. The Morgan fingerprint density at radius 1 is 0.963 bits per heavy atom. The van der Waals surface area contributed by atoms with Gasteiger partial charge in [0, 0.05) is 74.8 Å². The van der Waals surface area contributed by atoms with Gasteiger partial charge in [-0.2, -0.15) is 0 Å². The van der Waals surface area contributed by atoms with Crippen molar-refractivity contribution in [3.8, 4) is 33.5 Å². The number of carbonyl (C=O) groups is 1. The fourth-order valence-electron chi connectivity index (χ4n) is 6.58. The van der Waals surface area contributed by atoms with Gasteiger partial charge in [-0.05, 0) is 73.6 Å². The molecule has 14 heteroatoms. The van der Waals surface area contributed by atoms with E-state index in [0.717, 1.165) is 72.7 Å². The molecule has 2 saturated heterocycles. The van der Waals surface area contributed by atoms with Gasteiger partial charge in [-0.25, -0.2) is 8.78 Å². The second-order valence-corrected chi connectivity index (χ2v) is 14.3. The minimum atomic E-state index is -0.782. The fraction of sp³-hybridized carbons (Fsp3) is 0.250. The summed E-state index contributed by atoms with van der Waals surface area (Å²) in [7, 11) is 1.96. The number of benzene rings is 2. The lowest BCUT2D eigenvalue weighted by atomic mass is 10.2. The average Bonchev–Trinajstić information content (AvgIpc) is 3.80. The van der Waals surface area contributed by atoms with Crippen LogP contribution in [0.15, 0.2) is 96.2 Å². The quantitative estimate of drug-likeness (QED) is 0.163. The molecule has 0 spiro atoms. The number of likely N-dealkylation sites (tertiary alicyclic amines) is 1. The molecule has 276 valence electrons. The van der Waals surface area contributed by atoms with E-state index in [2.05, 4.69) is 26.2 Å². The van der Waals surface area contributed by atoms with Gasteiger partial charge in [0.2, 0.25) is 0 Å². The SMILES string of the molecule is CN1CCC(Oc2ccn(-c3ccc(F)cc3)c(=O)c2C(=O)Nc2ccc(Oc3ccnc4cc(-c5ccc(CN6CCOCC6)cn5)sc34)c(F)c2)C1. The molecule has 1 amide bonds. The van der Waals surface area contributed by atoms with Crippen LogP contribution in [0.3, 0.4) is 0 Å². The van der Waals surface area contributed by atoms with Gasteiger partial charge in [-0.1, -0.05) is 6.07 Å². The highest BCUT2D eigenvalue weighted by molar-refractivity contribution is 7.22.